The van der Waals surface area contributed by atoms with E-state index in [1.165, 1.54) is 10.5 Å². The van der Waals surface area contributed by atoms with Gasteiger partial charge in [-0.1, -0.05) is 11.6 Å². The standard InChI is InChI=1S/C17H19ClN2O4S/c1-23-13-4-6-15(7-5-13)25(21,22)20-10-2-3-14(12-20)24-17-8-9-19-11-16(17)18/h4-9,11,14H,2-3,10,12H2,1H3. The number of piperidine rings is 1. The molecule has 0 N–H and O–H groups in total. The Morgan fingerprint density at radius 3 is 2.68 bits per heavy atom. The van der Waals surface area contributed by atoms with Crippen LogP contribution in [0.4, 0.5) is 0 Å². The van der Waals surface area contributed by atoms with Gasteiger partial charge in [0.1, 0.15) is 22.6 Å². The third-order valence-electron chi connectivity index (χ3n) is 4.07. The molecular weight excluding hydrogens is 364 g/mol. The van der Waals surface area contributed by atoms with E-state index in [4.69, 9.17) is 21.1 Å². The Labute approximate surface area is 152 Å². The van der Waals surface area contributed by atoms with Gasteiger partial charge in [-0.25, -0.2) is 8.42 Å². The maximum Gasteiger partial charge on any atom is 0.243 e. The number of methoxy groups -OCH3 is 1. The quantitative estimate of drug-likeness (QED) is 0.795. The molecule has 1 unspecified atom stereocenters. The zero-order chi connectivity index (χ0) is 17.9. The molecule has 0 aliphatic carbocycles. The highest BCUT2D eigenvalue weighted by Gasteiger charge is 2.31. The molecule has 134 valence electrons. The second-order valence-corrected chi connectivity index (χ2v) is 8.07. The molecule has 0 bridgehead atoms. The first kappa shape index (κ1) is 18.0. The minimum Gasteiger partial charge on any atom is -0.497 e. The van der Waals surface area contributed by atoms with Crippen molar-refractivity contribution in [1.29, 1.82) is 0 Å². The Balaban J connectivity index is 1.74. The first-order valence-electron chi connectivity index (χ1n) is 7.91. The van der Waals surface area contributed by atoms with E-state index in [1.807, 2.05) is 0 Å². The number of halogens is 1. The third-order valence-corrected chi connectivity index (χ3v) is 6.23. The van der Waals surface area contributed by atoms with Gasteiger partial charge >= 0.3 is 0 Å². The van der Waals surface area contributed by atoms with E-state index in [0.717, 1.165) is 12.8 Å². The largest absolute Gasteiger partial charge is 0.497 e. The molecule has 1 aromatic heterocycles. The van der Waals surface area contributed by atoms with Gasteiger partial charge < -0.3 is 9.47 Å². The van der Waals surface area contributed by atoms with Crippen molar-refractivity contribution in [3.05, 3.63) is 47.7 Å². The van der Waals surface area contributed by atoms with Crippen LogP contribution in [0.5, 0.6) is 11.5 Å². The molecule has 1 saturated heterocycles. The lowest BCUT2D eigenvalue weighted by molar-refractivity contribution is 0.130. The summed E-state index contributed by atoms with van der Waals surface area (Å²) in [5.74, 6) is 1.14. The van der Waals surface area contributed by atoms with Crippen molar-refractivity contribution in [1.82, 2.24) is 9.29 Å². The molecule has 1 atom stereocenters. The molecule has 8 heteroatoms. The van der Waals surface area contributed by atoms with Crippen LogP contribution in [0.2, 0.25) is 5.02 Å². The average molecular weight is 383 g/mol. The number of hydrogen-bond acceptors (Lipinski definition) is 5. The van der Waals surface area contributed by atoms with Crippen molar-refractivity contribution in [2.75, 3.05) is 20.2 Å². The minimum atomic E-state index is -3.57. The second kappa shape index (κ2) is 7.59. The summed E-state index contributed by atoms with van der Waals surface area (Å²) in [4.78, 5) is 4.16. The zero-order valence-electron chi connectivity index (χ0n) is 13.8. The molecule has 0 amide bonds. The lowest BCUT2D eigenvalue weighted by Crippen LogP contribution is -2.44. The van der Waals surface area contributed by atoms with E-state index in [-0.39, 0.29) is 17.5 Å². The molecule has 2 heterocycles. The summed E-state index contributed by atoms with van der Waals surface area (Å²) in [7, 11) is -2.03. The van der Waals surface area contributed by atoms with Gasteiger partial charge in [-0.2, -0.15) is 4.31 Å². The average Bonchev–Trinajstić information content (AvgIpc) is 2.64. The number of aromatic nitrogens is 1. The lowest BCUT2D eigenvalue weighted by atomic mass is 10.1. The minimum absolute atomic E-state index is 0.246. The van der Waals surface area contributed by atoms with Gasteiger partial charge in [0, 0.05) is 25.0 Å². The summed E-state index contributed by atoms with van der Waals surface area (Å²) >= 11 is 6.06. The van der Waals surface area contributed by atoms with E-state index >= 15 is 0 Å². The highest BCUT2D eigenvalue weighted by atomic mass is 35.5. The summed E-state index contributed by atoms with van der Waals surface area (Å²) in [5, 5.41) is 0.414. The molecule has 0 spiro atoms. The summed E-state index contributed by atoms with van der Waals surface area (Å²) < 4.78 is 38.1. The monoisotopic (exact) mass is 382 g/mol. The van der Waals surface area contributed by atoms with Gasteiger partial charge in [0.2, 0.25) is 10.0 Å². The van der Waals surface area contributed by atoms with Crippen molar-refractivity contribution in [3.8, 4) is 11.5 Å². The smallest absolute Gasteiger partial charge is 0.243 e. The molecule has 25 heavy (non-hydrogen) atoms. The molecule has 1 aliphatic heterocycles. The summed E-state index contributed by atoms with van der Waals surface area (Å²) in [6.07, 6.45) is 4.35. The van der Waals surface area contributed by atoms with Crippen LogP contribution in [0.25, 0.3) is 0 Å². The van der Waals surface area contributed by atoms with E-state index in [2.05, 4.69) is 4.98 Å². The Kier molecular flexibility index (Phi) is 5.46. The van der Waals surface area contributed by atoms with Crippen molar-refractivity contribution in [2.24, 2.45) is 0 Å². The number of ether oxygens (including phenoxy) is 2. The van der Waals surface area contributed by atoms with Crippen LogP contribution in [0.1, 0.15) is 12.8 Å². The molecule has 2 aromatic rings. The predicted octanol–water partition coefficient (Wildman–Crippen LogP) is 2.98. The SMILES string of the molecule is COc1ccc(S(=O)(=O)N2CCCC(Oc3ccncc3Cl)C2)cc1. The molecule has 0 radical (unpaired) electrons. The number of hydrogen-bond donors (Lipinski definition) is 0. The Bertz CT molecular complexity index is 827. The van der Waals surface area contributed by atoms with Gasteiger partial charge in [-0.3, -0.25) is 4.98 Å². The topological polar surface area (TPSA) is 68.7 Å². The Morgan fingerprint density at radius 2 is 2.00 bits per heavy atom. The molecule has 1 aliphatic rings. The summed E-state index contributed by atoms with van der Waals surface area (Å²) in [6.45, 7) is 0.755. The number of sulfonamides is 1. The molecule has 6 nitrogen and oxygen atoms in total. The van der Waals surface area contributed by atoms with E-state index < -0.39 is 10.0 Å². The number of rotatable bonds is 5. The Morgan fingerprint density at radius 1 is 1.24 bits per heavy atom. The first-order valence-corrected chi connectivity index (χ1v) is 9.73. The fraction of sp³-hybridized carbons (Fsp3) is 0.353. The van der Waals surface area contributed by atoms with E-state index in [9.17, 15) is 8.42 Å². The van der Waals surface area contributed by atoms with Crippen LogP contribution in [-0.2, 0) is 10.0 Å². The lowest BCUT2D eigenvalue weighted by Gasteiger charge is -2.32. The fourth-order valence-corrected chi connectivity index (χ4v) is 4.43. The Hall–Kier alpha value is -1.83. The van der Waals surface area contributed by atoms with Crippen LogP contribution in [-0.4, -0.2) is 44.0 Å². The van der Waals surface area contributed by atoms with Gasteiger partial charge in [0.15, 0.2) is 0 Å². The maximum atomic E-state index is 12.8. The summed E-state index contributed by atoms with van der Waals surface area (Å²) in [5.41, 5.74) is 0. The third kappa shape index (κ3) is 4.05. The van der Waals surface area contributed by atoms with E-state index in [0.29, 0.717) is 23.1 Å². The second-order valence-electron chi connectivity index (χ2n) is 5.73. The number of pyridine rings is 1. The van der Waals surface area contributed by atoms with Gasteiger partial charge in [0.25, 0.3) is 0 Å². The van der Waals surface area contributed by atoms with Crippen molar-refractivity contribution < 1.29 is 17.9 Å². The highest BCUT2D eigenvalue weighted by Crippen LogP contribution is 2.28. The van der Waals surface area contributed by atoms with Crippen LogP contribution in [0.15, 0.2) is 47.6 Å². The molecule has 1 fully saturated rings. The van der Waals surface area contributed by atoms with E-state index in [1.54, 1.807) is 43.6 Å². The van der Waals surface area contributed by atoms with Crippen LogP contribution in [0, 0.1) is 0 Å². The fourth-order valence-electron chi connectivity index (χ4n) is 2.75. The van der Waals surface area contributed by atoms with Crippen molar-refractivity contribution in [3.63, 3.8) is 0 Å². The normalized spacial score (nSPS) is 18.7. The zero-order valence-corrected chi connectivity index (χ0v) is 15.3. The van der Waals surface area contributed by atoms with Crippen molar-refractivity contribution in [2.45, 2.75) is 23.8 Å². The van der Waals surface area contributed by atoms with Gasteiger partial charge in [-0.15, -0.1) is 0 Å². The van der Waals surface area contributed by atoms with Gasteiger partial charge in [0.05, 0.1) is 18.6 Å². The molecule has 3 rings (SSSR count). The number of nitrogens with zero attached hydrogens (tertiary/aromatic N) is 2. The van der Waals surface area contributed by atoms with Crippen LogP contribution < -0.4 is 9.47 Å². The highest BCUT2D eigenvalue weighted by molar-refractivity contribution is 7.89. The number of benzene rings is 1. The molecule has 1 aromatic carbocycles. The van der Waals surface area contributed by atoms with Crippen LogP contribution >= 0.6 is 11.6 Å². The van der Waals surface area contributed by atoms with Crippen LogP contribution in [0.3, 0.4) is 0 Å². The maximum absolute atomic E-state index is 12.8. The van der Waals surface area contributed by atoms with Gasteiger partial charge in [-0.05, 0) is 37.1 Å². The molecule has 0 saturated carbocycles. The van der Waals surface area contributed by atoms with Crippen molar-refractivity contribution >= 4 is 21.6 Å². The molecular formula is C17H19ClN2O4S. The predicted molar refractivity (Wildman–Crippen MR) is 94.6 cm³/mol. The summed E-state index contributed by atoms with van der Waals surface area (Å²) in [6, 6.07) is 8.07. The first-order chi connectivity index (χ1) is 12.0.